The Bertz CT molecular complexity index is 1000. The molecule has 112 valence electrons. The third kappa shape index (κ3) is 2.62. The van der Waals surface area contributed by atoms with Gasteiger partial charge in [-0.25, -0.2) is 4.68 Å². The van der Waals surface area contributed by atoms with Crippen molar-refractivity contribution in [3.8, 4) is 16.8 Å². The van der Waals surface area contributed by atoms with E-state index in [1.807, 2.05) is 29.1 Å². The molecule has 0 amide bonds. The lowest BCUT2D eigenvalue weighted by Gasteiger charge is -2.06. The normalized spacial score (nSPS) is 11.0. The van der Waals surface area contributed by atoms with E-state index in [9.17, 15) is 0 Å². The minimum atomic E-state index is 0.748. The van der Waals surface area contributed by atoms with Gasteiger partial charge in [0, 0.05) is 10.4 Å². The molecule has 0 fully saturated rings. The second-order valence-electron chi connectivity index (χ2n) is 5.68. The summed E-state index contributed by atoms with van der Waals surface area (Å²) in [5.74, 6) is 0. The molecule has 0 radical (unpaired) electrons. The molecular formula is C20H15ClN2. The van der Waals surface area contributed by atoms with E-state index in [0.717, 1.165) is 32.7 Å². The number of nitrogens with zero attached hydrogens (tertiary/aromatic N) is 2. The maximum atomic E-state index is 6.10. The van der Waals surface area contributed by atoms with Crippen molar-refractivity contribution in [3.05, 3.63) is 83.5 Å². The first kappa shape index (κ1) is 14.0. The molecule has 0 aliphatic carbocycles. The number of aryl methyl sites for hydroxylation is 1. The lowest BCUT2D eigenvalue weighted by atomic mass is 10.0. The first-order valence-corrected chi connectivity index (χ1v) is 7.89. The molecule has 0 aliphatic heterocycles. The first-order chi connectivity index (χ1) is 11.2. The van der Waals surface area contributed by atoms with Gasteiger partial charge in [0.15, 0.2) is 0 Å². The number of rotatable bonds is 2. The third-order valence-electron chi connectivity index (χ3n) is 3.97. The number of halogens is 1. The van der Waals surface area contributed by atoms with Gasteiger partial charge in [-0.05, 0) is 60.0 Å². The molecule has 0 bridgehead atoms. The second-order valence-corrected chi connectivity index (χ2v) is 6.12. The zero-order valence-electron chi connectivity index (χ0n) is 12.7. The summed E-state index contributed by atoms with van der Waals surface area (Å²) in [6.07, 6.45) is 1.91. The first-order valence-electron chi connectivity index (χ1n) is 7.51. The van der Waals surface area contributed by atoms with Crippen LogP contribution >= 0.6 is 11.6 Å². The van der Waals surface area contributed by atoms with Gasteiger partial charge in [-0.2, -0.15) is 5.10 Å². The molecule has 3 heteroatoms. The number of hydrogen-bond donors (Lipinski definition) is 0. The van der Waals surface area contributed by atoms with Crippen LogP contribution in [0.3, 0.4) is 0 Å². The van der Waals surface area contributed by atoms with E-state index in [2.05, 4.69) is 60.6 Å². The van der Waals surface area contributed by atoms with Gasteiger partial charge in [0.05, 0.1) is 17.4 Å². The van der Waals surface area contributed by atoms with Crippen LogP contribution in [0.2, 0.25) is 5.02 Å². The van der Waals surface area contributed by atoms with E-state index in [-0.39, 0.29) is 0 Å². The van der Waals surface area contributed by atoms with Crippen LogP contribution in [0.1, 0.15) is 5.56 Å². The standard InChI is InChI=1S/C20H15ClN2/c1-14-4-2-7-19(10-14)23-20-9-8-16(11-17(20)13-22-23)15-5-3-6-18(21)12-15/h2-13H,1H3. The molecule has 4 aromatic rings. The molecule has 0 N–H and O–H groups in total. The zero-order chi connectivity index (χ0) is 15.8. The van der Waals surface area contributed by atoms with Crippen LogP contribution in [-0.2, 0) is 0 Å². The van der Waals surface area contributed by atoms with Crippen LogP contribution in [0, 0.1) is 6.92 Å². The fourth-order valence-corrected chi connectivity index (χ4v) is 3.04. The Morgan fingerprint density at radius 3 is 2.52 bits per heavy atom. The van der Waals surface area contributed by atoms with E-state index in [1.54, 1.807) is 0 Å². The Morgan fingerprint density at radius 2 is 1.70 bits per heavy atom. The smallest absolute Gasteiger partial charge is 0.0741 e. The average molecular weight is 319 g/mol. The van der Waals surface area contributed by atoms with E-state index in [4.69, 9.17) is 11.6 Å². The van der Waals surface area contributed by atoms with E-state index < -0.39 is 0 Å². The summed E-state index contributed by atoms with van der Waals surface area (Å²) in [7, 11) is 0. The highest BCUT2D eigenvalue weighted by atomic mass is 35.5. The SMILES string of the molecule is Cc1cccc(-n2ncc3cc(-c4cccc(Cl)c4)ccc32)c1. The fourth-order valence-electron chi connectivity index (χ4n) is 2.85. The molecule has 23 heavy (non-hydrogen) atoms. The highest BCUT2D eigenvalue weighted by Crippen LogP contribution is 2.27. The monoisotopic (exact) mass is 318 g/mol. The van der Waals surface area contributed by atoms with Gasteiger partial charge in [0.1, 0.15) is 0 Å². The number of aromatic nitrogens is 2. The molecule has 3 aromatic carbocycles. The summed E-state index contributed by atoms with van der Waals surface area (Å²) in [4.78, 5) is 0. The molecule has 0 aliphatic rings. The Morgan fingerprint density at radius 1 is 0.870 bits per heavy atom. The van der Waals surface area contributed by atoms with Crippen LogP contribution in [0.15, 0.2) is 72.9 Å². The Hall–Kier alpha value is -2.58. The van der Waals surface area contributed by atoms with Crippen molar-refractivity contribution in [3.63, 3.8) is 0 Å². The van der Waals surface area contributed by atoms with Gasteiger partial charge in [-0.3, -0.25) is 0 Å². The fraction of sp³-hybridized carbons (Fsp3) is 0.0500. The van der Waals surface area contributed by atoms with Gasteiger partial charge in [0.2, 0.25) is 0 Å². The minimum absolute atomic E-state index is 0.748. The molecule has 2 nitrogen and oxygen atoms in total. The maximum Gasteiger partial charge on any atom is 0.0741 e. The van der Waals surface area contributed by atoms with Crippen molar-refractivity contribution in [1.29, 1.82) is 0 Å². The molecule has 1 heterocycles. The molecule has 0 spiro atoms. The lowest BCUT2D eigenvalue weighted by Crippen LogP contribution is -1.95. The van der Waals surface area contributed by atoms with Crippen molar-refractivity contribution in [2.24, 2.45) is 0 Å². The maximum absolute atomic E-state index is 6.10. The summed E-state index contributed by atoms with van der Waals surface area (Å²) in [6.45, 7) is 2.09. The van der Waals surface area contributed by atoms with Gasteiger partial charge in [0.25, 0.3) is 0 Å². The predicted octanol–water partition coefficient (Wildman–Crippen LogP) is 5.65. The van der Waals surface area contributed by atoms with Crippen LogP contribution in [-0.4, -0.2) is 9.78 Å². The van der Waals surface area contributed by atoms with Gasteiger partial charge in [-0.15, -0.1) is 0 Å². The quantitative estimate of drug-likeness (QED) is 0.466. The number of fused-ring (bicyclic) bond motifs is 1. The zero-order valence-corrected chi connectivity index (χ0v) is 13.5. The molecule has 0 saturated carbocycles. The topological polar surface area (TPSA) is 17.8 Å². The van der Waals surface area contributed by atoms with Crippen LogP contribution in [0.25, 0.3) is 27.7 Å². The third-order valence-corrected chi connectivity index (χ3v) is 4.21. The second kappa shape index (κ2) is 5.56. The Kier molecular flexibility index (Phi) is 3.40. The summed E-state index contributed by atoms with van der Waals surface area (Å²) in [5, 5.41) is 6.41. The highest BCUT2D eigenvalue weighted by molar-refractivity contribution is 6.30. The largest absolute Gasteiger partial charge is 0.233 e. The predicted molar refractivity (Wildman–Crippen MR) is 96.3 cm³/mol. The summed E-state index contributed by atoms with van der Waals surface area (Å²) >= 11 is 6.10. The van der Waals surface area contributed by atoms with Crippen molar-refractivity contribution >= 4 is 22.5 Å². The molecule has 0 saturated heterocycles. The van der Waals surface area contributed by atoms with Crippen molar-refractivity contribution < 1.29 is 0 Å². The number of hydrogen-bond acceptors (Lipinski definition) is 1. The molecule has 1 aromatic heterocycles. The van der Waals surface area contributed by atoms with E-state index >= 15 is 0 Å². The summed E-state index contributed by atoms with van der Waals surface area (Å²) < 4.78 is 1.98. The van der Waals surface area contributed by atoms with Gasteiger partial charge in [-0.1, -0.05) is 41.9 Å². The summed E-state index contributed by atoms with van der Waals surface area (Å²) in [6, 6.07) is 22.6. The lowest BCUT2D eigenvalue weighted by molar-refractivity contribution is 0.909. The Labute approximate surface area is 140 Å². The van der Waals surface area contributed by atoms with Crippen LogP contribution in [0.5, 0.6) is 0 Å². The van der Waals surface area contributed by atoms with Crippen LogP contribution in [0.4, 0.5) is 0 Å². The van der Waals surface area contributed by atoms with Gasteiger partial charge >= 0.3 is 0 Å². The number of benzene rings is 3. The van der Waals surface area contributed by atoms with Gasteiger partial charge < -0.3 is 0 Å². The van der Waals surface area contributed by atoms with E-state index in [0.29, 0.717) is 0 Å². The van der Waals surface area contributed by atoms with Crippen LogP contribution < -0.4 is 0 Å². The molecule has 4 rings (SSSR count). The molecule has 0 unspecified atom stereocenters. The molecule has 0 atom stereocenters. The molecular weight excluding hydrogens is 304 g/mol. The summed E-state index contributed by atoms with van der Waals surface area (Å²) in [5.41, 5.74) is 5.66. The van der Waals surface area contributed by atoms with Crippen molar-refractivity contribution in [1.82, 2.24) is 9.78 Å². The van der Waals surface area contributed by atoms with Crippen molar-refractivity contribution in [2.75, 3.05) is 0 Å². The van der Waals surface area contributed by atoms with Crippen molar-refractivity contribution in [2.45, 2.75) is 6.92 Å². The average Bonchev–Trinajstić information content (AvgIpc) is 2.98. The minimum Gasteiger partial charge on any atom is -0.233 e. The van der Waals surface area contributed by atoms with E-state index in [1.165, 1.54) is 5.56 Å². The highest BCUT2D eigenvalue weighted by Gasteiger charge is 2.07. The Balaban J connectivity index is 1.83.